The summed E-state index contributed by atoms with van der Waals surface area (Å²) in [6, 6.07) is 0. The number of unbranched alkanes of at least 4 members (excludes halogenated alkanes) is 1. The largest absolute Gasteiger partial charge is 0.396 e. The molecule has 5 heteroatoms. The van der Waals surface area contributed by atoms with E-state index in [1.54, 1.807) is 0 Å². The number of aliphatic hydroxyl groups excluding tert-OH is 1. The molecular weight excluding hydrogens is 226 g/mol. The van der Waals surface area contributed by atoms with Gasteiger partial charge in [0, 0.05) is 13.2 Å². The van der Waals surface area contributed by atoms with Gasteiger partial charge in [-0.05, 0) is 31.6 Å². The van der Waals surface area contributed by atoms with Crippen molar-refractivity contribution in [3.63, 3.8) is 0 Å². The Morgan fingerprint density at radius 1 is 1.12 bits per heavy atom. The minimum Gasteiger partial charge on any atom is -0.396 e. The summed E-state index contributed by atoms with van der Waals surface area (Å²) < 4.78 is 25.8. The Balaban J connectivity index is 2.18. The summed E-state index contributed by atoms with van der Waals surface area (Å²) in [6.07, 6.45) is 7.16. The fourth-order valence-electron chi connectivity index (χ4n) is 2.11. The average Bonchev–Trinajstić information content (AvgIpc) is 2.28. The molecule has 0 aromatic rings. The zero-order valence-electron chi connectivity index (χ0n) is 9.82. The zero-order chi connectivity index (χ0) is 11.9. The summed E-state index contributed by atoms with van der Waals surface area (Å²) >= 11 is 0. The van der Waals surface area contributed by atoms with E-state index >= 15 is 0 Å². The summed E-state index contributed by atoms with van der Waals surface area (Å²) in [7, 11) is -3.11. The Kier molecular flexibility index (Phi) is 6.31. The second-order valence-corrected chi connectivity index (χ2v) is 6.53. The first-order chi connectivity index (χ1) is 7.64. The van der Waals surface area contributed by atoms with E-state index in [0.29, 0.717) is 25.3 Å². The van der Waals surface area contributed by atoms with E-state index in [9.17, 15) is 8.42 Å². The number of hydrogen-bond acceptors (Lipinski definition) is 3. The molecule has 1 saturated carbocycles. The molecule has 0 aromatic carbocycles. The molecule has 0 radical (unpaired) electrons. The highest BCUT2D eigenvalue weighted by Gasteiger charge is 2.16. The second-order valence-electron chi connectivity index (χ2n) is 4.60. The van der Waals surface area contributed by atoms with Gasteiger partial charge < -0.3 is 5.11 Å². The van der Waals surface area contributed by atoms with E-state index in [2.05, 4.69) is 4.72 Å². The van der Waals surface area contributed by atoms with Crippen LogP contribution in [0, 0.1) is 5.92 Å². The molecule has 1 fully saturated rings. The van der Waals surface area contributed by atoms with E-state index in [1.165, 1.54) is 19.3 Å². The summed E-state index contributed by atoms with van der Waals surface area (Å²) in [5, 5.41) is 8.58. The molecule has 0 aliphatic heterocycles. The van der Waals surface area contributed by atoms with Crippen LogP contribution in [0.3, 0.4) is 0 Å². The van der Waals surface area contributed by atoms with Crippen molar-refractivity contribution < 1.29 is 13.5 Å². The monoisotopic (exact) mass is 249 g/mol. The van der Waals surface area contributed by atoms with Gasteiger partial charge in [-0.2, -0.15) is 0 Å². The molecule has 0 atom stereocenters. The van der Waals surface area contributed by atoms with Gasteiger partial charge in [0.2, 0.25) is 10.0 Å². The predicted molar refractivity (Wildman–Crippen MR) is 64.7 cm³/mol. The molecule has 0 spiro atoms. The SMILES string of the molecule is O=S(=O)(CCCCO)NCC1CCCCC1. The Bertz CT molecular complexity index is 271. The standard InChI is InChI=1S/C11H23NO3S/c13-8-4-5-9-16(14,15)12-10-11-6-2-1-3-7-11/h11-13H,1-10H2. The summed E-state index contributed by atoms with van der Waals surface area (Å²) in [6.45, 7) is 0.666. The number of sulfonamides is 1. The molecule has 0 saturated heterocycles. The van der Waals surface area contributed by atoms with Crippen molar-refractivity contribution in [1.29, 1.82) is 0 Å². The van der Waals surface area contributed by atoms with Crippen LogP contribution in [0.15, 0.2) is 0 Å². The minimum atomic E-state index is -3.11. The van der Waals surface area contributed by atoms with Crippen molar-refractivity contribution in [3.8, 4) is 0 Å². The maximum atomic E-state index is 11.6. The molecule has 1 aliphatic rings. The lowest BCUT2D eigenvalue weighted by Crippen LogP contribution is -2.32. The van der Waals surface area contributed by atoms with Gasteiger partial charge in [0.15, 0.2) is 0 Å². The molecule has 0 bridgehead atoms. The van der Waals surface area contributed by atoms with Crippen molar-refractivity contribution in [3.05, 3.63) is 0 Å². The number of nitrogens with one attached hydrogen (secondary N) is 1. The molecule has 96 valence electrons. The third-order valence-corrected chi connectivity index (χ3v) is 4.57. The molecule has 4 nitrogen and oxygen atoms in total. The van der Waals surface area contributed by atoms with E-state index in [1.807, 2.05) is 0 Å². The molecule has 0 unspecified atom stereocenters. The molecule has 1 aliphatic carbocycles. The van der Waals surface area contributed by atoms with Gasteiger partial charge in [-0.1, -0.05) is 19.3 Å². The quantitative estimate of drug-likeness (QED) is 0.668. The second kappa shape index (κ2) is 7.25. The van der Waals surface area contributed by atoms with Crippen molar-refractivity contribution in [2.75, 3.05) is 18.9 Å². The topological polar surface area (TPSA) is 66.4 Å². The Labute approximate surface area is 98.5 Å². The smallest absolute Gasteiger partial charge is 0.211 e. The number of rotatable bonds is 7. The van der Waals surface area contributed by atoms with Crippen LogP contribution < -0.4 is 4.72 Å². The van der Waals surface area contributed by atoms with Gasteiger partial charge in [0.05, 0.1) is 5.75 Å². The van der Waals surface area contributed by atoms with Gasteiger partial charge in [0.25, 0.3) is 0 Å². The van der Waals surface area contributed by atoms with Crippen molar-refractivity contribution in [2.24, 2.45) is 5.92 Å². The lowest BCUT2D eigenvalue weighted by molar-refractivity contribution is 0.287. The molecule has 2 N–H and O–H groups in total. The van der Waals surface area contributed by atoms with Crippen LogP contribution in [0.5, 0.6) is 0 Å². The van der Waals surface area contributed by atoms with Gasteiger partial charge >= 0.3 is 0 Å². The highest BCUT2D eigenvalue weighted by molar-refractivity contribution is 7.89. The van der Waals surface area contributed by atoms with Gasteiger partial charge in [0.1, 0.15) is 0 Å². The Morgan fingerprint density at radius 3 is 2.44 bits per heavy atom. The Hall–Kier alpha value is -0.130. The summed E-state index contributed by atoms with van der Waals surface area (Å²) in [5.74, 6) is 0.668. The van der Waals surface area contributed by atoms with E-state index in [-0.39, 0.29) is 12.4 Å². The van der Waals surface area contributed by atoms with Crippen molar-refractivity contribution >= 4 is 10.0 Å². The first-order valence-corrected chi connectivity index (χ1v) is 7.87. The lowest BCUT2D eigenvalue weighted by Gasteiger charge is -2.21. The Morgan fingerprint density at radius 2 is 1.81 bits per heavy atom. The molecule has 0 aromatic heterocycles. The van der Waals surface area contributed by atoms with Crippen LogP contribution in [-0.2, 0) is 10.0 Å². The first-order valence-electron chi connectivity index (χ1n) is 6.22. The minimum absolute atomic E-state index is 0.0676. The molecular formula is C11H23NO3S. The first kappa shape index (κ1) is 13.9. The fraction of sp³-hybridized carbons (Fsp3) is 1.00. The van der Waals surface area contributed by atoms with E-state index in [0.717, 1.165) is 12.8 Å². The van der Waals surface area contributed by atoms with Gasteiger partial charge in [-0.3, -0.25) is 0 Å². The van der Waals surface area contributed by atoms with Crippen molar-refractivity contribution in [1.82, 2.24) is 4.72 Å². The van der Waals surface area contributed by atoms with E-state index in [4.69, 9.17) is 5.11 Å². The van der Waals surface area contributed by atoms with Crippen molar-refractivity contribution in [2.45, 2.75) is 44.9 Å². The van der Waals surface area contributed by atoms with Crippen LogP contribution in [0.4, 0.5) is 0 Å². The molecule has 1 rings (SSSR count). The highest BCUT2D eigenvalue weighted by Crippen LogP contribution is 2.22. The number of hydrogen-bond donors (Lipinski definition) is 2. The molecule has 0 heterocycles. The van der Waals surface area contributed by atoms with Gasteiger partial charge in [-0.15, -0.1) is 0 Å². The summed E-state index contributed by atoms with van der Waals surface area (Å²) in [5.41, 5.74) is 0. The van der Waals surface area contributed by atoms with E-state index < -0.39 is 10.0 Å². The molecule has 16 heavy (non-hydrogen) atoms. The van der Waals surface area contributed by atoms with Crippen LogP contribution in [0.25, 0.3) is 0 Å². The maximum absolute atomic E-state index is 11.6. The predicted octanol–water partition coefficient (Wildman–Crippen LogP) is 1.26. The lowest BCUT2D eigenvalue weighted by atomic mass is 9.90. The van der Waals surface area contributed by atoms with Crippen LogP contribution in [0.2, 0.25) is 0 Å². The molecule has 0 amide bonds. The third-order valence-electron chi connectivity index (χ3n) is 3.14. The van der Waals surface area contributed by atoms with Crippen LogP contribution >= 0.6 is 0 Å². The van der Waals surface area contributed by atoms with Crippen LogP contribution in [-0.4, -0.2) is 32.4 Å². The average molecular weight is 249 g/mol. The maximum Gasteiger partial charge on any atom is 0.211 e. The summed E-state index contributed by atoms with van der Waals surface area (Å²) in [4.78, 5) is 0. The highest BCUT2D eigenvalue weighted by atomic mass is 32.2. The normalized spacial score (nSPS) is 18.8. The zero-order valence-corrected chi connectivity index (χ0v) is 10.6. The van der Waals surface area contributed by atoms with Crippen LogP contribution in [0.1, 0.15) is 44.9 Å². The third kappa shape index (κ3) is 5.82. The number of aliphatic hydroxyl groups is 1. The fourth-order valence-corrected chi connectivity index (χ4v) is 3.33. The van der Waals surface area contributed by atoms with Gasteiger partial charge in [-0.25, -0.2) is 13.1 Å².